The van der Waals surface area contributed by atoms with Crippen molar-refractivity contribution in [3.8, 4) is 0 Å². The molecular formula is C20H29NO3. The van der Waals surface area contributed by atoms with E-state index >= 15 is 0 Å². The monoisotopic (exact) mass is 331 g/mol. The molecule has 4 heteroatoms. The topological polar surface area (TPSA) is 57.6 Å². The molecule has 0 spiro atoms. The Morgan fingerprint density at radius 2 is 1.62 bits per heavy atom. The van der Waals surface area contributed by atoms with Crippen molar-refractivity contribution in [2.24, 2.45) is 0 Å². The molecule has 0 bridgehead atoms. The second-order valence-electron chi connectivity index (χ2n) is 6.80. The summed E-state index contributed by atoms with van der Waals surface area (Å²) in [5.74, 6) is -0.977. The van der Waals surface area contributed by atoms with Gasteiger partial charge in [-0.15, -0.1) is 0 Å². The summed E-state index contributed by atoms with van der Waals surface area (Å²) in [5, 5.41) is 9.22. The normalized spacial score (nSPS) is 15.6. The molecule has 0 aromatic heterocycles. The number of unbranched alkanes of at least 4 members (excludes halogenated alkanes) is 4. The Morgan fingerprint density at radius 1 is 1.04 bits per heavy atom. The second-order valence-corrected chi connectivity index (χ2v) is 6.80. The Bertz CT molecular complexity index is 572. The summed E-state index contributed by atoms with van der Waals surface area (Å²) in [6.45, 7) is 4.06. The highest BCUT2D eigenvalue weighted by atomic mass is 16.4. The molecule has 1 aliphatic heterocycles. The maximum Gasteiger partial charge on any atom is 0.323 e. The number of carboxylic acid groups (broad SMARTS) is 1. The first-order valence-electron chi connectivity index (χ1n) is 9.20. The number of para-hydroxylation sites is 1. The molecule has 0 fully saturated rings. The molecule has 0 radical (unpaired) electrons. The Morgan fingerprint density at radius 3 is 2.17 bits per heavy atom. The van der Waals surface area contributed by atoms with Gasteiger partial charge in [0.2, 0.25) is 5.91 Å². The highest BCUT2D eigenvalue weighted by molar-refractivity contribution is 6.10. The molecule has 0 saturated heterocycles. The van der Waals surface area contributed by atoms with Crippen LogP contribution in [0.1, 0.15) is 70.8 Å². The van der Waals surface area contributed by atoms with Crippen LogP contribution in [0.3, 0.4) is 0 Å². The van der Waals surface area contributed by atoms with Crippen LogP contribution < -0.4 is 4.90 Å². The maximum atomic E-state index is 13.3. The number of aliphatic carboxylic acids is 1. The standard InChI is InChI=1S/C20H29NO3/c1-3-5-9-13-20(14-10-6-4-2)16-11-7-8-12-17(16)21(19(20)24)15-18(22)23/h7-8,11-12H,3-6,9-10,13-15H2,1-2H3,(H,22,23). The smallest absolute Gasteiger partial charge is 0.323 e. The van der Waals surface area contributed by atoms with E-state index in [0.717, 1.165) is 62.6 Å². The van der Waals surface area contributed by atoms with Crippen molar-refractivity contribution >= 4 is 17.6 Å². The SMILES string of the molecule is CCCCCC1(CCCCC)C(=O)N(CC(=O)O)c2ccccc21. The van der Waals surface area contributed by atoms with Crippen LogP contribution in [-0.2, 0) is 15.0 Å². The predicted molar refractivity (Wildman–Crippen MR) is 96.4 cm³/mol. The van der Waals surface area contributed by atoms with Gasteiger partial charge in [-0.1, -0.05) is 70.6 Å². The molecule has 1 aromatic rings. The predicted octanol–water partition coefficient (Wildman–Crippen LogP) is 4.52. The minimum absolute atomic E-state index is 0.0155. The number of carboxylic acids is 1. The van der Waals surface area contributed by atoms with Crippen LogP contribution in [0.15, 0.2) is 24.3 Å². The Hall–Kier alpha value is -1.84. The van der Waals surface area contributed by atoms with Crippen molar-refractivity contribution in [2.45, 2.75) is 70.6 Å². The van der Waals surface area contributed by atoms with Gasteiger partial charge in [0.05, 0.1) is 5.41 Å². The number of carbonyl (C=O) groups excluding carboxylic acids is 1. The fourth-order valence-corrected chi connectivity index (χ4v) is 3.85. The lowest BCUT2D eigenvalue weighted by Gasteiger charge is -2.29. The molecule has 1 heterocycles. The zero-order valence-corrected chi connectivity index (χ0v) is 14.9. The number of amides is 1. The summed E-state index contributed by atoms with van der Waals surface area (Å²) in [5.41, 5.74) is 1.29. The number of carbonyl (C=O) groups is 2. The highest BCUT2D eigenvalue weighted by Gasteiger charge is 2.49. The Balaban J connectivity index is 2.39. The average molecular weight is 331 g/mol. The Labute approximate surface area is 144 Å². The molecule has 24 heavy (non-hydrogen) atoms. The van der Waals surface area contributed by atoms with Gasteiger partial charge in [-0.2, -0.15) is 0 Å². The lowest BCUT2D eigenvalue weighted by atomic mass is 9.73. The van der Waals surface area contributed by atoms with E-state index in [4.69, 9.17) is 0 Å². The van der Waals surface area contributed by atoms with Crippen molar-refractivity contribution in [1.29, 1.82) is 0 Å². The van der Waals surface area contributed by atoms with Crippen molar-refractivity contribution in [2.75, 3.05) is 11.4 Å². The zero-order valence-electron chi connectivity index (χ0n) is 14.9. The quantitative estimate of drug-likeness (QED) is 0.641. The van der Waals surface area contributed by atoms with Crippen LogP contribution in [0.2, 0.25) is 0 Å². The van der Waals surface area contributed by atoms with Gasteiger partial charge in [0.25, 0.3) is 0 Å². The van der Waals surface area contributed by atoms with Crippen molar-refractivity contribution < 1.29 is 14.7 Å². The van der Waals surface area contributed by atoms with E-state index in [0.29, 0.717) is 0 Å². The minimum atomic E-state index is -0.962. The van der Waals surface area contributed by atoms with Gasteiger partial charge in [0.1, 0.15) is 6.54 Å². The van der Waals surface area contributed by atoms with Gasteiger partial charge in [0.15, 0.2) is 0 Å². The molecule has 4 nitrogen and oxygen atoms in total. The fourth-order valence-electron chi connectivity index (χ4n) is 3.85. The molecule has 0 atom stereocenters. The summed E-state index contributed by atoms with van der Waals surface area (Å²) < 4.78 is 0. The molecule has 1 aromatic carbocycles. The maximum absolute atomic E-state index is 13.3. The summed E-state index contributed by atoms with van der Waals surface area (Å²) in [6.07, 6.45) is 8.06. The lowest BCUT2D eigenvalue weighted by molar-refractivity contribution is -0.137. The van der Waals surface area contributed by atoms with Crippen LogP contribution in [0.25, 0.3) is 0 Å². The molecule has 0 saturated carbocycles. The highest BCUT2D eigenvalue weighted by Crippen LogP contribution is 2.47. The van der Waals surface area contributed by atoms with E-state index in [1.165, 1.54) is 4.90 Å². The largest absolute Gasteiger partial charge is 0.480 e. The minimum Gasteiger partial charge on any atom is -0.480 e. The summed E-state index contributed by atoms with van der Waals surface area (Å²) in [6, 6.07) is 7.75. The van der Waals surface area contributed by atoms with Gasteiger partial charge in [-0.05, 0) is 24.5 Å². The third-order valence-corrected chi connectivity index (χ3v) is 5.07. The Kier molecular flexibility index (Phi) is 6.41. The van der Waals surface area contributed by atoms with Gasteiger partial charge < -0.3 is 10.0 Å². The summed E-state index contributed by atoms with van der Waals surface area (Å²) in [7, 11) is 0. The molecule has 1 amide bonds. The first-order valence-corrected chi connectivity index (χ1v) is 9.20. The molecule has 1 aliphatic rings. The number of hydrogen-bond acceptors (Lipinski definition) is 2. The van der Waals surface area contributed by atoms with E-state index in [-0.39, 0.29) is 12.5 Å². The van der Waals surface area contributed by atoms with Crippen molar-refractivity contribution in [3.05, 3.63) is 29.8 Å². The summed E-state index contributed by atoms with van der Waals surface area (Å²) in [4.78, 5) is 26.0. The van der Waals surface area contributed by atoms with Crippen molar-refractivity contribution in [3.63, 3.8) is 0 Å². The third-order valence-electron chi connectivity index (χ3n) is 5.07. The van der Waals surface area contributed by atoms with E-state index in [1.807, 2.05) is 24.3 Å². The van der Waals surface area contributed by atoms with Gasteiger partial charge in [-0.3, -0.25) is 9.59 Å². The number of rotatable bonds is 10. The summed E-state index contributed by atoms with van der Waals surface area (Å²) >= 11 is 0. The van der Waals surface area contributed by atoms with Crippen LogP contribution in [0, 0.1) is 0 Å². The molecule has 132 valence electrons. The third kappa shape index (κ3) is 3.63. The van der Waals surface area contributed by atoms with Crippen LogP contribution in [0.4, 0.5) is 5.69 Å². The number of hydrogen-bond donors (Lipinski definition) is 1. The number of nitrogens with zero attached hydrogens (tertiary/aromatic N) is 1. The van der Waals surface area contributed by atoms with Gasteiger partial charge >= 0.3 is 5.97 Å². The van der Waals surface area contributed by atoms with Crippen LogP contribution >= 0.6 is 0 Å². The first kappa shape index (κ1) is 18.5. The molecule has 0 unspecified atom stereocenters. The molecular weight excluding hydrogens is 302 g/mol. The lowest BCUT2D eigenvalue weighted by Crippen LogP contribution is -2.42. The van der Waals surface area contributed by atoms with E-state index < -0.39 is 11.4 Å². The van der Waals surface area contributed by atoms with Gasteiger partial charge in [0, 0.05) is 5.69 Å². The number of anilines is 1. The first-order chi connectivity index (χ1) is 11.6. The zero-order chi connectivity index (χ0) is 17.6. The average Bonchev–Trinajstić information content (AvgIpc) is 2.78. The van der Waals surface area contributed by atoms with E-state index in [1.54, 1.807) is 0 Å². The van der Waals surface area contributed by atoms with Gasteiger partial charge in [-0.25, -0.2) is 0 Å². The number of fused-ring (bicyclic) bond motifs is 1. The fraction of sp³-hybridized carbons (Fsp3) is 0.600. The van der Waals surface area contributed by atoms with Crippen molar-refractivity contribution in [1.82, 2.24) is 0 Å². The number of benzene rings is 1. The molecule has 0 aliphatic carbocycles. The van der Waals surface area contributed by atoms with Crippen LogP contribution in [0.5, 0.6) is 0 Å². The molecule has 1 N–H and O–H groups in total. The van der Waals surface area contributed by atoms with E-state index in [9.17, 15) is 14.7 Å². The van der Waals surface area contributed by atoms with E-state index in [2.05, 4.69) is 13.8 Å². The van der Waals surface area contributed by atoms with Crippen LogP contribution in [-0.4, -0.2) is 23.5 Å². The second kappa shape index (κ2) is 8.32. The molecule has 2 rings (SSSR count).